The Morgan fingerprint density at radius 2 is 2.03 bits per heavy atom. The van der Waals surface area contributed by atoms with Crippen molar-refractivity contribution < 1.29 is 19.1 Å². The predicted molar refractivity (Wildman–Crippen MR) is 126 cm³/mol. The number of methoxy groups -OCH3 is 1. The minimum atomic E-state index is -0.428. The van der Waals surface area contributed by atoms with E-state index >= 15 is 0 Å². The molecule has 0 saturated heterocycles. The molecule has 8 heteroatoms. The second kappa shape index (κ2) is 9.80. The molecule has 5 nitrogen and oxygen atoms in total. The fourth-order valence-electron chi connectivity index (χ4n) is 3.85. The maximum Gasteiger partial charge on any atom is 0.341 e. The van der Waals surface area contributed by atoms with E-state index in [0.717, 1.165) is 36.1 Å². The minimum Gasteiger partial charge on any atom is -0.482 e. The van der Waals surface area contributed by atoms with Gasteiger partial charge in [0.25, 0.3) is 5.91 Å². The lowest BCUT2D eigenvalue weighted by molar-refractivity contribution is -0.118. The number of hydrogen-bond acceptors (Lipinski definition) is 5. The number of anilines is 1. The summed E-state index contributed by atoms with van der Waals surface area (Å²) < 4.78 is 10.5. The summed E-state index contributed by atoms with van der Waals surface area (Å²) in [5, 5.41) is 4.16. The van der Waals surface area contributed by atoms with Crippen LogP contribution in [0.15, 0.2) is 18.2 Å². The van der Waals surface area contributed by atoms with Gasteiger partial charge in [-0.05, 0) is 54.4 Å². The number of carbonyl (C=O) groups is 2. The molecule has 0 aliphatic heterocycles. The number of rotatable bonds is 7. The molecule has 1 N–H and O–H groups in total. The molecule has 1 unspecified atom stereocenters. The highest BCUT2D eigenvalue weighted by Gasteiger charge is 2.35. The third-order valence-electron chi connectivity index (χ3n) is 6.18. The van der Waals surface area contributed by atoms with Crippen LogP contribution in [0.1, 0.15) is 54.4 Å². The molecule has 0 spiro atoms. The zero-order valence-corrected chi connectivity index (χ0v) is 20.5. The first-order chi connectivity index (χ1) is 14.7. The van der Waals surface area contributed by atoms with E-state index in [1.165, 1.54) is 18.4 Å². The highest BCUT2D eigenvalue weighted by Crippen LogP contribution is 2.45. The Hall–Kier alpha value is -1.76. The lowest BCUT2D eigenvalue weighted by Crippen LogP contribution is -2.28. The lowest BCUT2D eigenvalue weighted by Gasteiger charge is -2.36. The van der Waals surface area contributed by atoms with Crippen LogP contribution in [-0.2, 0) is 22.4 Å². The van der Waals surface area contributed by atoms with Gasteiger partial charge in [-0.15, -0.1) is 11.3 Å². The van der Waals surface area contributed by atoms with Crippen molar-refractivity contribution in [2.45, 2.75) is 46.5 Å². The molecular formula is C23H27Cl2NO4S. The fourth-order valence-corrected chi connectivity index (χ4v) is 5.64. The Morgan fingerprint density at radius 1 is 1.29 bits per heavy atom. The Kier molecular flexibility index (Phi) is 7.55. The summed E-state index contributed by atoms with van der Waals surface area (Å²) in [6.45, 7) is 6.55. The number of ether oxygens (including phenoxy) is 2. The molecule has 1 amide bonds. The van der Waals surface area contributed by atoms with Gasteiger partial charge in [0.1, 0.15) is 10.8 Å². The number of benzene rings is 1. The molecule has 168 valence electrons. The summed E-state index contributed by atoms with van der Waals surface area (Å²) in [7, 11) is 1.36. The largest absolute Gasteiger partial charge is 0.482 e. The van der Waals surface area contributed by atoms with E-state index in [1.54, 1.807) is 18.2 Å². The maximum absolute atomic E-state index is 12.6. The number of thiophene rings is 1. The van der Waals surface area contributed by atoms with Gasteiger partial charge in [-0.2, -0.15) is 0 Å². The summed E-state index contributed by atoms with van der Waals surface area (Å²) in [6, 6.07) is 4.79. The van der Waals surface area contributed by atoms with Gasteiger partial charge in [0.2, 0.25) is 0 Å². The van der Waals surface area contributed by atoms with Crippen LogP contribution >= 0.6 is 34.5 Å². The molecule has 0 fully saturated rings. The summed E-state index contributed by atoms with van der Waals surface area (Å²) in [4.78, 5) is 26.2. The summed E-state index contributed by atoms with van der Waals surface area (Å²) in [5.74, 6) is 0.0977. The van der Waals surface area contributed by atoms with Crippen molar-refractivity contribution in [1.82, 2.24) is 0 Å². The lowest BCUT2D eigenvalue weighted by atomic mass is 9.69. The van der Waals surface area contributed by atoms with Crippen LogP contribution < -0.4 is 10.1 Å². The number of hydrogen-bond donors (Lipinski definition) is 1. The molecule has 1 atom stereocenters. The Bertz CT molecular complexity index is 986. The van der Waals surface area contributed by atoms with E-state index in [2.05, 4.69) is 26.1 Å². The zero-order chi connectivity index (χ0) is 22.8. The van der Waals surface area contributed by atoms with Crippen molar-refractivity contribution in [1.29, 1.82) is 0 Å². The van der Waals surface area contributed by atoms with Crippen molar-refractivity contribution in [2.24, 2.45) is 11.3 Å². The summed E-state index contributed by atoms with van der Waals surface area (Å²) in [5.41, 5.74) is 1.69. The minimum absolute atomic E-state index is 0.224. The van der Waals surface area contributed by atoms with Crippen LogP contribution in [0.4, 0.5) is 5.00 Å². The van der Waals surface area contributed by atoms with Crippen LogP contribution in [0.25, 0.3) is 0 Å². The standard InChI is InChI=1S/C23H27Cl2NO4S/c1-5-23(2,3)13-6-8-15-18(10-13)31-21(20(15)22(28)29-4)26-19(27)12-30-17-9-7-14(24)11-16(17)25/h7,9,11,13H,5-6,8,10,12H2,1-4H3,(H,26,27). The first-order valence-electron chi connectivity index (χ1n) is 10.3. The van der Waals surface area contributed by atoms with E-state index in [9.17, 15) is 9.59 Å². The van der Waals surface area contributed by atoms with E-state index in [4.69, 9.17) is 32.7 Å². The Morgan fingerprint density at radius 3 is 2.68 bits per heavy atom. The number of nitrogens with one attached hydrogen (secondary N) is 1. The van der Waals surface area contributed by atoms with E-state index in [-0.39, 0.29) is 17.9 Å². The van der Waals surface area contributed by atoms with Crippen LogP contribution in [0.2, 0.25) is 10.0 Å². The molecule has 2 aromatic rings. The van der Waals surface area contributed by atoms with Crippen LogP contribution in [0.5, 0.6) is 5.75 Å². The molecule has 0 saturated carbocycles. The van der Waals surface area contributed by atoms with Crippen LogP contribution in [-0.4, -0.2) is 25.6 Å². The number of esters is 1. The first kappa shape index (κ1) is 23.9. The van der Waals surface area contributed by atoms with Crippen molar-refractivity contribution in [3.8, 4) is 5.75 Å². The van der Waals surface area contributed by atoms with E-state index in [0.29, 0.717) is 32.3 Å². The van der Waals surface area contributed by atoms with Gasteiger partial charge in [-0.25, -0.2) is 4.79 Å². The second-order valence-corrected chi connectivity index (χ2v) is 10.3. The molecule has 3 rings (SSSR count). The second-order valence-electron chi connectivity index (χ2n) is 8.39. The number of amides is 1. The maximum atomic E-state index is 12.6. The fraction of sp³-hybridized carbons (Fsp3) is 0.478. The molecule has 31 heavy (non-hydrogen) atoms. The third-order valence-corrected chi connectivity index (χ3v) is 7.88. The van der Waals surface area contributed by atoms with Gasteiger partial charge in [0.15, 0.2) is 6.61 Å². The quantitative estimate of drug-likeness (QED) is 0.462. The molecule has 1 aromatic heterocycles. The topological polar surface area (TPSA) is 64.6 Å². The molecule has 1 aliphatic rings. The van der Waals surface area contributed by atoms with Gasteiger partial charge in [0, 0.05) is 9.90 Å². The molecule has 1 heterocycles. The highest BCUT2D eigenvalue weighted by molar-refractivity contribution is 7.17. The first-order valence-corrected chi connectivity index (χ1v) is 11.8. The van der Waals surface area contributed by atoms with Crippen molar-refractivity contribution >= 4 is 51.4 Å². The summed E-state index contributed by atoms with van der Waals surface area (Å²) >= 11 is 13.4. The Labute approximate surface area is 197 Å². The van der Waals surface area contributed by atoms with Crippen molar-refractivity contribution in [3.05, 3.63) is 44.2 Å². The third kappa shape index (κ3) is 5.36. The Balaban J connectivity index is 1.77. The van der Waals surface area contributed by atoms with Gasteiger partial charge >= 0.3 is 5.97 Å². The monoisotopic (exact) mass is 483 g/mol. The van der Waals surface area contributed by atoms with Crippen molar-refractivity contribution in [2.75, 3.05) is 19.0 Å². The van der Waals surface area contributed by atoms with Gasteiger partial charge < -0.3 is 14.8 Å². The van der Waals surface area contributed by atoms with Gasteiger partial charge in [0.05, 0.1) is 17.7 Å². The van der Waals surface area contributed by atoms with Crippen molar-refractivity contribution in [3.63, 3.8) is 0 Å². The molecule has 0 bridgehead atoms. The van der Waals surface area contributed by atoms with E-state index < -0.39 is 5.97 Å². The molecule has 1 aliphatic carbocycles. The molecule has 0 radical (unpaired) electrons. The molecular weight excluding hydrogens is 457 g/mol. The number of fused-ring (bicyclic) bond motifs is 1. The normalized spacial score (nSPS) is 15.9. The SMILES string of the molecule is CCC(C)(C)C1CCc2c(sc(NC(=O)COc3ccc(Cl)cc3Cl)c2C(=O)OC)C1. The van der Waals surface area contributed by atoms with Gasteiger partial charge in [-0.3, -0.25) is 4.79 Å². The van der Waals surface area contributed by atoms with Gasteiger partial charge in [-0.1, -0.05) is 50.4 Å². The zero-order valence-electron chi connectivity index (χ0n) is 18.1. The van der Waals surface area contributed by atoms with Crippen LogP contribution in [0, 0.1) is 11.3 Å². The smallest absolute Gasteiger partial charge is 0.341 e. The molecule has 1 aromatic carbocycles. The van der Waals surface area contributed by atoms with E-state index in [1.807, 2.05) is 0 Å². The number of halogens is 2. The average Bonchev–Trinajstić information content (AvgIpc) is 3.09. The van der Waals surface area contributed by atoms with Crippen LogP contribution in [0.3, 0.4) is 0 Å². The average molecular weight is 484 g/mol. The predicted octanol–water partition coefficient (Wildman–Crippen LogP) is 6.40. The summed E-state index contributed by atoms with van der Waals surface area (Å²) in [6.07, 6.45) is 3.81. The number of carbonyl (C=O) groups excluding carboxylic acids is 2. The highest BCUT2D eigenvalue weighted by atomic mass is 35.5.